The Morgan fingerprint density at radius 3 is 3.29 bits per heavy atom. The van der Waals surface area contributed by atoms with Gasteiger partial charge in [-0.05, 0) is 18.2 Å². The number of benzene rings is 1. The largest absolute Gasteiger partial charge is 0.347 e. The Labute approximate surface area is 120 Å². The van der Waals surface area contributed by atoms with E-state index in [1.165, 1.54) is 0 Å². The van der Waals surface area contributed by atoms with Crippen molar-refractivity contribution in [3.63, 3.8) is 0 Å². The van der Waals surface area contributed by atoms with Crippen molar-refractivity contribution in [2.75, 3.05) is 5.32 Å². The van der Waals surface area contributed by atoms with Crippen LogP contribution in [0.5, 0.6) is 0 Å². The molecule has 7 nitrogen and oxygen atoms in total. The van der Waals surface area contributed by atoms with Crippen LogP contribution in [0, 0.1) is 0 Å². The highest BCUT2D eigenvalue weighted by molar-refractivity contribution is 5.96. The van der Waals surface area contributed by atoms with Crippen LogP contribution in [-0.4, -0.2) is 32.1 Å². The Balaban J connectivity index is 1.50. The molecule has 21 heavy (non-hydrogen) atoms. The fraction of sp³-hybridized carbons (Fsp3) is 0.214. The standard InChI is InChI=1S/C14H14N6O/c21-14(12-4-11-13(6-15-12)17-7-16-11)19-9-2-1-8-5-18-20-10(8)3-9/h1-3,5,7,12,15H,4,6H2,(H,16,17)(H,18,20)(H,19,21). The Hall–Kier alpha value is -2.67. The number of carbonyl (C=O) groups excluding carboxylic acids is 1. The third kappa shape index (κ3) is 2.17. The van der Waals surface area contributed by atoms with Crippen molar-refractivity contribution in [1.29, 1.82) is 0 Å². The molecule has 0 radical (unpaired) electrons. The van der Waals surface area contributed by atoms with Gasteiger partial charge in [-0.25, -0.2) is 4.98 Å². The molecule has 1 aliphatic rings. The number of hydrogen-bond acceptors (Lipinski definition) is 4. The topological polar surface area (TPSA) is 98.5 Å². The zero-order chi connectivity index (χ0) is 14.2. The summed E-state index contributed by atoms with van der Waals surface area (Å²) in [7, 11) is 0. The van der Waals surface area contributed by atoms with E-state index in [1.54, 1.807) is 12.5 Å². The predicted octanol–water partition coefficient (Wildman–Crippen LogP) is 0.939. The number of aromatic amines is 2. The second-order valence-corrected chi connectivity index (χ2v) is 5.13. The molecule has 0 saturated carbocycles. The molecule has 7 heteroatoms. The second kappa shape index (κ2) is 4.71. The van der Waals surface area contributed by atoms with E-state index in [9.17, 15) is 4.79 Å². The number of amides is 1. The quantitative estimate of drug-likeness (QED) is 0.562. The molecule has 1 unspecified atom stereocenters. The molecule has 3 aromatic rings. The first-order chi connectivity index (χ1) is 10.3. The summed E-state index contributed by atoms with van der Waals surface area (Å²) in [5.74, 6) is -0.0532. The Kier molecular flexibility index (Phi) is 2.71. The van der Waals surface area contributed by atoms with E-state index in [0.717, 1.165) is 28.0 Å². The summed E-state index contributed by atoms with van der Waals surface area (Å²) in [4.78, 5) is 19.6. The van der Waals surface area contributed by atoms with Gasteiger partial charge in [-0.2, -0.15) is 5.10 Å². The minimum Gasteiger partial charge on any atom is -0.347 e. The van der Waals surface area contributed by atoms with E-state index in [1.807, 2.05) is 18.2 Å². The monoisotopic (exact) mass is 282 g/mol. The van der Waals surface area contributed by atoms with E-state index in [2.05, 4.69) is 30.8 Å². The van der Waals surface area contributed by atoms with Crippen LogP contribution in [-0.2, 0) is 17.8 Å². The molecule has 0 saturated heterocycles. The number of nitrogens with one attached hydrogen (secondary N) is 4. The summed E-state index contributed by atoms with van der Waals surface area (Å²) in [6.07, 6.45) is 4.01. The lowest BCUT2D eigenvalue weighted by Crippen LogP contribution is -2.44. The summed E-state index contributed by atoms with van der Waals surface area (Å²) in [5.41, 5.74) is 3.67. The fourth-order valence-corrected chi connectivity index (χ4v) is 2.60. The van der Waals surface area contributed by atoms with Crippen LogP contribution in [0.15, 0.2) is 30.7 Å². The zero-order valence-corrected chi connectivity index (χ0v) is 11.2. The van der Waals surface area contributed by atoms with E-state index < -0.39 is 0 Å². The SMILES string of the molecule is O=C(Nc1ccc2cn[nH]c2c1)C1Cc2nc[nH]c2CN1. The van der Waals surface area contributed by atoms with E-state index >= 15 is 0 Å². The minimum absolute atomic E-state index is 0.0532. The van der Waals surface area contributed by atoms with Crippen LogP contribution in [0.1, 0.15) is 11.4 Å². The molecule has 0 bridgehead atoms. The molecule has 0 aliphatic carbocycles. The molecule has 3 heterocycles. The molecule has 2 aromatic heterocycles. The number of fused-ring (bicyclic) bond motifs is 2. The highest BCUT2D eigenvalue weighted by atomic mass is 16.2. The van der Waals surface area contributed by atoms with Gasteiger partial charge in [0.15, 0.2) is 0 Å². The average Bonchev–Trinajstić information content (AvgIpc) is 3.14. The van der Waals surface area contributed by atoms with Gasteiger partial charge in [0.2, 0.25) is 5.91 Å². The van der Waals surface area contributed by atoms with Crippen molar-refractivity contribution in [2.45, 2.75) is 19.0 Å². The zero-order valence-electron chi connectivity index (χ0n) is 11.2. The van der Waals surface area contributed by atoms with Gasteiger partial charge in [-0.3, -0.25) is 15.2 Å². The van der Waals surface area contributed by atoms with Crippen LogP contribution in [0.2, 0.25) is 0 Å². The lowest BCUT2D eigenvalue weighted by atomic mass is 10.0. The first-order valence-corrected chi connectivity index (χ1v) is 6.78. The summed E-state index contributed by atoms with van der Waals surface area (Å²) < 4.78 is 0. The maximum atomic E-state index is 12.3. The third-order valence-corrected chi connectivity index (χ3v) is 3.76. The Bertz CT molecular complexity index is 805. The smallest absolute Gasteiger partial charge is 0.241 e. The van der Waals surface area contributed by atoms with Crippen LogP contribution >= 0.6 is 0 Å². The van der Waals surface area contributed by atoms with Crippen LogP contribution < -0.4 is 10.6 Å². The Morgan fingerprint density at radius 2 is 2.33 bits per heavy atom. The maximum Gasteiger partial charge on any atom is 0.241 e. The van der Waals surface area contributed by atoms with Crippen molar-refractivity contribution in [3.8, 4) is 0 Å². The Morgan fingerprint density at radius 1 is 1.38 bits per heavy atom. The molecule has 4 rings (SSSR count). The van der Waals surface area contributed by atoms with Gasteiger partial charge < -0.3 is 10.3 Å². The molecule has 1 amide bonds. The number of nitrogens with zero attached hydrogens (tertiary/aromatic N) is 2. The highest BCUT2D eigenvalue weighted by Gasteiger charge is 2.25. The van der Waals surface area contributed by atoms with Crippen LogP contribution in [0.25, 0.3) is 10.9 Å². The predicted molar refractivity (Wildman–Crippen MR) is 77.6 cm³/mol. The van der Waals surface area contributed by atoms with Crippen molar-refractivity contribution in [1.82, 2.24) is 25.5 Å². The van der Waals surface area contributed by atoms with Crippen LogP contribution in [0.3, 0.4) is 0 Å². The van der Waals surface area contributed by atoms with Gasteiger partial charge in [0, 0.05) is 24.0 Å². The molecule has 1 aliphatic heterocycles. The second-order valence-electron chi connectivity index (χ2n) is 5.13. The van der Waals surface area contributed by atoms with Gasteiger partial charge in [0.05, 0.1) is 35.5 Å². The lowest BCUT2D eigenvalue weighted by molar-refractivity contribution is -0.118. The molecule has 1 aromatic carbocycles. The van der Waals surface area contributed by atoms with Crippen LogP contribution in [0.4, 0.5) is 5.69 Å². The number of hydrogen-bond donors (Lipinski definition) is 4. The maximum absolute atomic E-state index is 12.3. The summed E-state index contributed by atoms with van der Waals surface area (Å²) in [6.45, 7) is 0.632. The molecule has 0 fully saturated rings. The molecule has 0 spiro atoms. The third-order valence-electron chi connectivity index (χ3n) is 3.76. The summed E-state index contributed by atoms with van der Waals surface area (Å²) >= 11 is 0. The van der Waals surface area contributed by atoms with Gasteiger partial charge in [0.1, 0.15) is 0 Å². The number of imidazole rings is 1. The summed E-state index contributed by atoms with van der Waals surface area (Å²) in [6, 6.07) is 5.41. The number of carbonyl (C=O) groups is 1. The van der Waals surface area contributed by atoms with Gasteiger partial charge in [0.25, 0.3) is 0 Å². The highest BCUT2D eigenvalue weighted by Crippen LogP contribution is 2.18. The normalized spacial score (nSPS) is 17.6. The minimum atomic E-state index is -0.265. The van der Waals surface area contributed by atoms with Gasteiger partial charge >= 0.3 is 0 Å². The van der Waals surface area contributed by atoms with Crippen molar-refractivity contribution in [2.24, 2.45) is 0 Å². The lowest BCUT2D eigenvalue weighted by Gasteiger charge is -2.22. The van der Waals surface area contributed by atoms with Crippen molar-refractivity contribution >= 4 is 22.5 Å². The first-order valence-electron chi connectivity index (χ1n) is 6.78. The average molecular weight is 282 g/mol. The summed E-state index contributed by atoms with van der Waals surface area (Å²) in [5, 5.41) is 14.0. The van der Waals surface area contributed by atoms with Gasteiger partial charge in [-0.15, -0.1) is 0 Å². The molecule has 4 N–H and O–H groups in total. The molecular formula is C14H14N6O. The van der Waals surface area contributed by atoms with Crippen molar-refractivity contribution in [3.05, 3.63) is 42.1 Å². The number of aromatic nitrogens is 4. The number of H-pyrrole nitrogens is 2. The molecular weight excluding hydrogens is 268 g/mol. The molecule has 1 atom stereocenters. The first kappa shape index (κ1) is 12.1. The number of rotatable bonds is 2. The van der Waals surface area contributed by atoms with E-state index in [0.29, 0.717) is 13.0 Å². The molecule has 106 valence electrons. The fourth-order valence-electron chi connectivity index (χ4n) is 2.60. The van der Waals surface area contributed by atoms with Gasteiger partial charge in [-0.1, -0.05) is 0 Å². The van der Waals surface area contributed by atoms with E-state index in [-0.39, 0.29) is 11.9 Å². The van der Waals surface area contributed by atoms with E-state index in [4.69, 9.17) is 0 Å². The van der Waals surface area contributed by atoms with Crippen molar-refractivity contribution < 1.29 is 4.79 Å². The number of anilines is 1.